The van der Waals surface area contributed by atoms with E-state index in [1.54, 1.807) is 39.0 Å². The summed E-state index contributed by atoms with van der Waals surface area (Å²) in [6.07, 6.45) is 2.75. The van der Waals surface area contributed by atoms with Gasteiger partial charge in [-0.3, -0.25) is 9.59 Å². The summed E-state index contributed by atoms with van der Waals surface area (Å²) in [6, 6.07) is 11.6. The maximum absolute atomic E-state index is 13.1. The number of hydrogen-bond donors (Lipinski definition) is 3. The summed E-state index contributed by atoms with van der Waals surface area (Å²) in [6.45, 7) is 7.09. The zero-order valence-corrected chi connectivity index (χ0v) is 20.5. The summed E-state index contributed by atoms with van der Waals surface area (Å²) in [5, 5.41) is 14.6. The Balaban J connectivity index is 2.09. The molecule has 2 unspecified atom stereocenters. The number of nitrogens with two attached hydrogens (primary N) is 1. The molecule has 2 aromatic carbocycles. The topological polar surface area (TPSA) is 122 Å². The predicted octanol–water partition coefficient (Wildman–Crippen LogP) is 4.30. The van der Waals surface area contributed by atoms with Gasteiger partial charge in [-0.2, -0.15) is 0 Å². The first kappa shape index (κ1) is 27.3. The van der Waals surface area contributed by atoms with Crippen LogP contribution >= 0.6 is 0 Å². The lowest BCUT2D eigenvalue weighted by atomic mass is 10.0. The van der Waals surface area contributed by atoms with Crippen LogP contribution in [0.25, 0.3) is 10.8 Å². The van der Waals surface area contributed by atoms with Gasteiger partial charge in [-0.25, -0.2) is 15.6 Å². The Morgan fingerprint density at radius 2 is 1.68 bits per heavy atom. The fourth-order valence-electron chi connectivity index (χ4n) is 3.55. The zero-order chi connectivity index (χ0) is 25.3. The highest BCUT2D eigenvalue weighted by Gasteiger charge is 2.30. The van der Waals surface area contributed by atoms with Crippen LogP contribution in [0, 0.1) is 0 Å². The van der Waals surface area contributed by atoms with Crippen molar-refractivity contribution in [2.45, 2.75) is 84.0 Å². The quantitative estimate of drug-likeness (QED) is 0.206. The molecule has 186 valence electrons. The molecule has 0 bridgehead atoms. The fourth-order valence-corrected chi connectivity index (χ4v) is 3.55. The van der Waals surface area contributed by atoms with E-state index < -0.39 is 29.6 Å². The second kappa shape index (κ2) is 12.5. The number of benzene rings is 2. The van der Waals surface area contributed by atoms with Crippen molar-refractivity contribution in [3.8, 4) is 0 Å². The summed E-state index contributed by atoms with van der Waals surface area (Å²) in [4.78, 5) is 38.4. The number of hydrogen-bond acceptors (Lipinski definition) is 6. The van der Waals surface area contributed by atoms with E-state index in [2.05, 4.69) is 5.32 Å². The van der Waals surface area contributed by atoms with Crippen molar-refractivity contribution < 1.29 is 24.2 Å². The molecule has 0 aromatic heterocycles. The number of imide groups is 1. The van der Waals surface area contributed by atoms with Crippen LogP contribution in [0.3, 0.4) is 0 Å². The van der Waals surface area contributed by atoms with Crippen LogP contribution in [-0.4, -0.2) is 45.8 Å². The summed E-state index contributed by atoms with van der Waals surface area (Å²) < 4.78 is 5.29. The third-order valence-corrected chi connectivity index (χ3v) is 5.44. The minimum Gasteiger partial charge on any atom is -0.444 e. The number of fused-ring (bicyclic) bond motifs is 1. The number of amides is 3. The Morgan fingerprint density at radius 1 is 1.03 bits per heavy atom. The van der Waals surface area contributed by atoms with E-state index in [1.165, 1.54) is 0 Å². The second-order valence-corrected chi connectivity index (χ2v) is 9.47. The lowest BCUT2D eigenvalue weighted by Gasteiger charge is -2.25. The lowest BCUT2D eigenvalue weighted by Crippen LogP contribution is -2.54. The lowest BCUT2D eigenvalue weighted by molar-refractivity contribution is -0.131. The average Bonchev–Trinajstić information content (AvgIpc) is 2.79. The van der Waals surface area contributed by atoms with Gasteiger partial charge in [0, 0.05) is 5.56 Å². The van der Waals surface area contributed by atoms with Crippen LogP contribution in [0.2, 0.25) is 0 Å². The van der Waals surface area contributed by atoms with Crippen LogP contribution in [0.5, 0.6) is 0 Å². The Labute approximate surface area is 201 Å². The van der Waals surface area contributed by atoms with Gasteiger partial charge in [-0.15, -0.1) is 0 Å². The number of carbonyl (C=O) groups is 3. The molecule has 0 aliphatic heterocycles. The monoisotopic (exact) mass is 471 g/mol. The van der Waals surface area contributed by atoms with Gasteiger partial charge < -0.3 is 15.2 Å². The number of alkyl carbamates (subject to hydrolysis) is 1. The van der Waals surface area contributed by atoms with Gasteiger partial charge in [0.05, 0.1) is 6.10 Å². The maximum Gasteiger partial charge on any atom is 0.408 e. The van der Waals surface area contributed by atoms with Crippen molar-refractivity contribution in [1.29, 1.82) is 0 Å². The van der Waals surface area contributed by atoms with E-state index in [-0.39, 0.29) is 11.7 Å². The van der Waals surface area contributed by atoms with Crippen molar-refractivity contribution in [2.75, 3.05) is 0 Å². The van der Waals surface area contributed by atoms with Crippen LogP contribution in [0.1, 0.15) is 76.6 Å². The number of rotatable bonds is 10. The normalized spacial score (nSPS) is 13.2. The van der Waals surface area contributed by atoms with E-state index in [0.29, 0.717) is 30.7 Å². The average molecular weight is 472 g/mol. The zero-order valence-electron chi connectivity index (χ0n) is 20.5. The molecular weight excluding hydrogens is 434 g/mol. The number of carbonyl (C=O) groups excluding carboxylic acids is 3. The number of nitrogens with one attached hydrogen (secondary N) is 1. The molecular formula is C26H37N3O5. The van der Waals surface area contributed by atoms with Gasteiger partial charge in [0.25, 0.3) is 11.8 Å². The highest BCUT2D eigenvalue weighted by Crippen LogP contribution is 2.17. The molecule has 0 aliphatic rings. The summed E-state index contributed by atoms with van der Waals surface area (Å²) >= 11 is 0. The molecule has 0 saturated carbocycles. The summed E-state index contributed by atoms with van der Waals surface area (Å²) in [5.74, 6) is 4.57. The predicted molar refractivity (Wildman–Crippen MR) is 132 cm³/mol. The van der Waals surface area contributed by atoms with E-state index in [4.69, 9.17) is 10.6 Å². The highest BCUT2D eigenvalue weighted by molar-refractivity contribution is 6.07. The second-order valence-electron chi connectivity index (χ2n) is 9.47. The van der Waals surface area contributed by atoms with Crippen LogP contribution in [-0.2, 0) is 9.53 Å². The van der Waals surface area contributed by atoms with Crippen LogP contribution in [0.4, 0.5) is 4.79 Å². The maximum atomic E-state index is 13.1. The Hall–Kier alpha value is -2.97. The van der Waals surface area contributed by atoms with Crippen molar-refractivity contribution >= 4 is 28.7 Å². The van der Waals surface area contributed by atoms with Gasteiger partial charge in [0.15, 0.2) is 0 Å². The van der Waals surface area contributed by atoms with Crippen molar-refractivity contribution in [2.24, 2.45) is 5.84 Å². The summed E-state index contributed by atoms with van der Waals surface area (Å²) in [5.41, 5.74) is -0.462. The van der Waals surface area contributed by atoms with E-state index in [1.807, 2.05) is 31.2 Å². The molecule has 3 amide bonds. The molecule has 0 radical (unpaired) electrons. The first-order valence-electron chi connectivity index (χ1n) is 11.8. The number of unbranched alkanes of at least 4 members (excludes halogenated alkanes) is 2. The van der Waals surface area contributed by atoms with Gasteiger partial charge in [-0.05, 0) is 62.9 Å². The van der Waals surface area contributed by atoms with Crippen molar-refractivity contribution in [1.82, 2.24) is 10.3 Å². The van der Waals surface area contributed by atoms with Gasteiger partial charge in [0.2, 0.25) is 0 Å². The highest BCUT2D eigenvalue weighted by atomic mass is 16.6. The fraction of sp³-hybridized carbons (Fsp3) is 0.500. The van der Waals surface area contributed by atoms with Crippen molar-refractivity contribution in [3.63, 3.8) is 0 Å². The molecule has 2 aromatic rings. The molecule has 0 saturated heterocycles. The SMILES string of the molecule is CCC(O)CCCCCC(NC(=O)OC(C)(C)C)C(=O)N(N)C(=O)c1ccc2ccccc2c1. The number of aliphatic hydroxyl groups is 1. The first-order chi connectivity index (χ1) is 16.0. The molecule has 4 N–H and O–H groups in total. The number of nitrogens with zero attached hydrogens (tertiary/aromatic N) is 1. The molecule has 8 heteroatoms. The number of ether oxygens (including phenoxy) is 1. The molecule has 0 heterocycles. The smallest absolute Gasteiger partial charge is 0.408 e. The standard InChI is InChI=1S/C26H37N3O5/c1-5-21(30)13-7-6-8-14-22(28-25(33)34-26(2,3)4)24(32)29(27)23(31)20-16-15-18-11-9-10-12-19(18)17-20/h9-12,15-17,21-22,30H,5-8,13-14,27H2,1-4H3,(H,28,33). The molecule has 0 spiro atoms. The van der Waals surface area contributed by atoms with E-state index in [9.17, 15) is 19.5 Å². The Kier molecular flexibility index (Phi) is 10.0. The van der Waals surface area contributed by atoms with E-state index >= 15 is 0 Å². The molecule has 0 aliphatic carbocycles. The minimum atomic E-state index is -1.01. The molecule has 2 rings (SSSR count). The largest absolute Gasteiger partial charge is 0.444 e. The molecule has 0 fully saturated rings. The van der Waals surface area contributed by atoms with Gasteiger partial charge >= 0.3 is 6.09 Å². The summed E-state index contributed by atoms with van der Waals surface area (Å²) in [7, 11) is 0. The first-order valence-corrected chi connectivity index (χ1v) is 11.8. The molecule has 8 nitrogen and oxygen atoms in total. The molecule has 2 atom stereocenters. The van der Waals surface area contributed by atoms with E-state index in [0.717, 1.165) is 23.6 Å². The number of hydrazine groups is 1. The third-order valence-electron chi connectivity index (χ3n) is 5.44. The van der Waals surface area contributed by atoms with Gasteiger partial charge in [0.1, 0.15) is 11.6 Å². The Morgan fingerprint density at radius 3 is 2.32 bits per heavy atom. The van der Waals surface area contributed by atoms with Crippen LogP contribution in [0.15, 0.2) is 42.5 Å². The third kappa shape index (κ3) is 8.43. The Bertz CT molecular complexity index is 986. The van der Waals surface area contributed by atoms with Crippen molar-refractivity contribution in [3.05, 3.63) is 48.0 Å². The van der Waals surface area contributed by atoms with Crippen LogP contribution < -0.4 is 11.2 Å². The number of aliphatic hydroxyl groups excluding tert-OH is 1. The minimum absolute atomic E-state index is 0.277. The molecule has 34 heavy (non-hydrogen) atoms. The van der Waals surface area contributed by atoms with Gasteiger partial charge in [-0.1, -0.05) is 56.5 Å².